The van der Waals surface area contributed by atoms with Crippen LogP contribution < -0.4 is 5.32 Å². The fourth-order valence-electron chi connectivity index (χ4n) is 1.58. The lowest BCUT2D eigenvalue weighted by Crippen LogP contribution is -2.41. The van der Waals surface area contributed by atoms with E-state index in [4.69, 9.17) is 5.11 Å². The van der Waals surface area contributed by atoms with Gasteiger partial charge in [0.2, 0.25) is 0 Å². The monoisotopic (exact) mass is 186 g/mol. The lowest BCUT2D eigenvalue weighted by Gasteiger charge is -2.34. The summed E-state index contributed by atoms with van der Waals surface area (Å²) in [6.07, 6.45) is 3.91. The number of likely N-dealkylation sites (N-methyl/N-ethyl adjacent to an activating group) is 1. The fourth-order valence-corrected chi connectivity index (χ4v) is 1.58. The maximum Gasteiger partial charge on any atom is 0.0636 e. The zero-order chi connectivity index (χ0) is 9.68. The summed E-state index contributed by atoms with van der Waals surface area (Å²) in [5.41, 5.74) is 0. The molecule has 3 heteroatoms. The molecule has 1 aliphatic carbocycles. The molecule has 3 nitrogen and oxygen atoms in total. The highest BCUT2D eigenvalue weighted by Crippen LogP contribution is 2.22. The lowest BCUT2D eigenvalue weighted by atomic mass is 9.92. The average Bonchev–Trinajstić information content (AvgIpc) is 1.94. The van der Waals surface area contributed by atoms with Crippen LogP contribution in [0.5, 0.6) is 0 Å². The van der Waals surface area contributed by atoms with E-state index in [1.54, 1.807) is 0 Å². The molecule has 1 rings (SSSR count). The molecule has 0 spiro atoms. The van der Waals surface area contributed by atoms with Crippen molar-refractivity contribution in [1.29, 1.82) is 0 Å². The number of aliphatic hydroxyl groups is 1. The number of hydrogen-bond donors (Lipinski definition) is 2. The zero-order valence-corrected chi connectivity index (χ0v) is 8.79. The van der Waals surface area contributed by atoms with Crippen LogP contribution in [0.3, 0.4) is 0 Å². The van der Waals surface area contributed by atoms with Gasteiger partial charge in [0.1, 0.15) is 0 Å². The smallest absolute Gasteiger partial charge is 0.0636 e. The van der Waals surface area contributed by atoms with E-state index in [-0.39, 0.29) is 6.10 Å². The first-order valence-corrected chi connectivity index (χ1v) is 5.29. The van der Waals surface area contributed by atoms with Crippen molar-refractivity contribution in [3.63, 3.8) is 0 Å². The number of hydrogen-bond acceptors (Lipinski definition) is 3. The topological polar surface area (TPSA) is 35.5 Å². The Morgan fingerprint density at radius 2 is 2.23 bits per heavy atom. The SMILES string of the molecule is CC(O)CNCCN(C)C1CCC1. The Labute approximate surface area is 81.1 Å². The van der Waals surface area contributed by atoms with Crippen molar-refractivity contribution in [3.05, 3.63) is 0 Å². The van der Waals surface area contributed by atoms with Crippen LogP contribution in [0.25, 0.3) is 0 Å². The minimum absolute atomic E-state index is 0.228. The summed E-state index contributed by atoms with van der Waals surface area (Å²) in [5, 5.41) is 12.2. The Bertz CT molecular complexity index is 135. The van der Waals surface area contributed by atoms with Crippen LogP contribution in [0, 0.1) is 0 Å². The summed E-state index contributed by atoms with van der Waals surface area (Å²) < 4.78 is 0. The molecule has 0 bridgehead atoms. The van der Waals surface area contributed by atoms with E-state index in [1.165, 1.54) is 19.3 Å². The van der Waals surface area contributed by atoms with Crippen molar-refractivity contribution in [3.8, 4) is 0 Å². The van der Waals surface area contributed by atoms with E-state index in [1.807, 2.05) is 6.92 Å². The van der Waals surface area contributed by atoms with Gasteiger partial charge in [0.05, 0.1) is 6.10 Å². The van der Waals surface area contributed by atoms with E-state index in [2.05, 4.69) is 17.3 Å². The quantitative estimate of drug-likeness (QED) is 0.591. The molecular weight excluding hydrogens is 164 g/mol. The Kier molecular flexibility index (Phi) is 4.70. The Morgan fingerprint density at radius 3 is 2.69 bits per heavy atom. The van der Waals surface area contributed by atoms with E-state index in [9.17, 15) is 0 Å². The van der Waals surface area contributed by atoms with E-state index >= 15 is 0 Å². The predicted octanol–water partition coefficient (Wildman–Crippen LogP) is 0.441. The minimum atomic E-state index is -0.228. The molecule has 78 valence electrons. The Morgan fingerprint density at radius 1 is 1.54 bits per heavy atom. The summed E-state index contributed by atoms with van der Waals surface area (Å²) in [6, 6.07) is 0.827. The van der Waals surface area contributed by atoms with Crippen LogP contribution in [0.15, 0.2) is 0 Å². The first-order valence-electron chi connectivity index (χ1n) is 5.29. The summed E-state index contributed by atoms with van der Waals surface area (Å²) in [6.45, 7) is 4.59. The molecule has 2 N–H and O–H groups in total. The van der Waals surface area contributed by atoms with Gasteiger partial charge in [0, 0.05) is 25.7 Å². The lowest BCUT2D eigenvalue weighted by molar-refractivity contribution is 0.154. The predicted molar refractivity (Wildman–Crippen MR) is 54.8 cm³/mol. The van der Waals surface area contributed by atoms with Crippen LogP contribution in [0.1, 0.15) is 26.2 Å². The van der Waals surface area contributed by atoms with E-state index in [0.717, 1.165) is 19.1 Å². The number of aliphatic hydroxyl groups excluding tert-OH is 1. The van der Waals surface area contributed by atoms with Crippen molar-refractivity contribution >= 4 is 0 Å². The molecule has 0 aromatic heterocycles. The zero-order valence-electron chi connectivity index (χ0n) is 8.79. The van der Waals surface area contributed by atoms with Gasteiger partial charge < -0.3 is 15.3 Å². The molecule has 1 aliphatic rings. The minimum Gasteiger partial charge on any atom is -0.392 e. The Balaban J connectivity index is 1.92. The molecule has 0 heterocycles. The Hall–Kier alpha value is -0.120. The second-order valence-electron chi connectivity index (χ2n) is 4.12. The number of nitrogens with zero attached hydrogens (tertiary/aromatic N) is 1. The van der Waals surface area contributed by atoms with Gasteiger partial charge in [-0.05, 0) is 26.8 Å². The van der Waals surface area contributed by atoms with Gasteiger partial charge in [-0.15, -0.1) is 0 Å². The van der Waals surface area contributed by atoms with Crippen molar-refractivity contribution in [2.45, 2.75) is 38.3 Å². The second-order valence-corrected chi connectivity index (χ2v) is 4.12. The first kappa shape index (κ1) is 11.0. The molecule has 0 amide bonds. The summed E-state index contributed by atoms with van der Waals surface area (Å²) in [5.74, 6) is 0. The molecule has 1 unspecified atom stereocenters. The molecule has 0 aliphatic heterocycles. The second kappa shape index (κ2) is 5.58. The molecule has 1 saturated carbocycles. The number of nitrogens with one attached hydrogen (secondary N) is 1. The van der Waals surface area contributed by atoms with Gasteiger partial charge in [-0.25, -0.2) is 0 Å². The third-order valence-electron chi connectivity index (χ3n) is 2.78. The molecular formula is C10H22N2O. The third kappa shape index (κ3) is 4.07. The maximum atomic E-state index is 9.01. The highest BCUT2D eigenvalue weighted by atomic mass is 16.3. The van der Waals surface area contributed by atoms with Crippen LogP contribution in [-0.4, -0.2) is 48.8 Å². The highest BCUT2D eigenvalue weighted by Gasteiger charge is 2.20. The van der Waals surface area contributed by atoms with Gasteiger partial charge in [-0.3, -0.25) is 0 Å². The average molecular weight is 186 g/mol. The number of rotatable bonds is 6. The highest BCUT2D eigenvalue weighted by molar-refractivity contribution is 4.77. The molecule has 0 aromatic carbocycles. The molecule has 13 heavy (non-hydrogen) atoms. The van der Waals surface area contributed by atoms with Gasteiger partial charge in [-0.2, -0.15) is 0 Å². The van der Waals surface area contributed by atoms with Crippen LogP contribution in [-0.2, 0) is 0 Å². The van der Waals surface area contributed by atoms with Crippen molar-refractivity contribution < 1.29 is 5.11 Å². The van der Waals surface area contributed by atoms with Crippen molar-refractivity contribution in [2.75, 3.05) is 26.7 Å². The first-order chi connectivity index (χ1) is 6.20. The molecule has 0 aromatic rings. The van der Waals surface area contributed by atoms with Gasteiger partial charge in [0.15, 0.2) is 0 Å². The summed E-state index contributed by atoms with van der Waals surface area (Å²) in [4.78, 5) is 2.42. The van der Waals surface area contributed by atoms with Crippen molar-refractivity contribution in [1.82, 2.24) is 10.2 Å². The van der Waals surface area contributed by atoms with Gasteiger partial charge in [-0.1, -0.05) is 6.42 Å². The standard InChI is InChI=1S/C10H22N2O/c1-9(13)8-11-6-7-12(2)10-4-3-5-10/h9-11,13H,3-8H2,1-2H3. The van der Waals surface area contributed by atoms with Crippen LogP contribution in [0.2, 0.25) is 0 Å². The summed E-state index contributed by atoms with van der Waals surface area (Å²) in [7, 11) is 2.19. The molecule has 0 saturated heterocycles. The molecule has 0 radical (unpaired) electrons. The summed E-state index contributed by atoms with van der Waals surface area (Å²) >= 11 is 0. The molecule has 1 fully saturated rings. The van der Waals surface area contributed by atoms with E-state index < -0.39 is 0 Å². The molecule has 1 atom stereocenters. The maximum absolute atomic E-state index is 9.01. The van der Waals surface area contributed by atoms with Crippen LogP contribution in [0.4, 0.5) is 0 Å². The third-order valence-corrected chi connectivity index (χ3v) is 2.78. The van der Waals surface area contributed by atoms with Crippen molar-refractivity contribution in [2.24, 2.45) is 0 Å². The fraction of sp³-hybridized carbons (Fsp3) is 1.00. The van der Waals surface area contributed by atoms with Gasteiger partial charge >= 0.3 is 0 Å². The van der Waals surface area contributed by atoms with E-state index in [0.29, 0.717) is 6.54 Å². The largest absolute Gasteiger partial charge is 0.392 e. The normalized spacial score (nSPS) is 20.3. The van der Waals surface area contributed by atoms with Crippen LogP contribution >= 0.6 is 0 Å². The van der Waals surface area contributed by atoms with Gasteiger partial charge in [0.25, 0.3) is 0 Å².